The molecule has 0 bridgehead atoms. The summed E-state index contributed by atoms with van der Waals surface area (Å²) in [7, 11) is 0. The molecule has 0 saturated heterocycles. The van der Waals surface area contributed by atoms with Gasteiger partial charge in [-0.25, -0.2) is 0 Å². The monoisotopic (exact) mass is 802 g/mol. The van der Waals surface area contributed by atoms with Gasteiger partial charge >= 0.3 is 324 Å². The molecule has 13 rings (SSSR count). The topological polar surface area (TPSA) is 33.5 Å². The molecule has 7 heteroatoms. The predicted molar refractivity (Wildman–Crippen MR) is 224 cm³/mol. The van der Waals surface area contributed by atoms with Gasteiger partial charge in [-0.2, -0.15) is 0 Å². The Balaban J connectivity index is 1.12. The van der Waals surface area contributed by atoms with Crippen LogP contribution in [0.1, 0.15) is 0 Å². The summed E-state index contributed by atoms with van der Waals surface area (Å²) in [5.74, 6) is 3.02. The van der Waals surface area contributed by atoms with E-state index >= 15 is 0 Å². The van der Waals surface area contributed by atoms with E-state index in [0.29, 0.717) is 0 Å². The molecule has 6 heterocycles. The first-order valence-electron chi connectivity index (χ1n) is 18.6. The molecule has 0 saturated carbocycles. The maximum atomic E-state index is 7.11. The maximum absolute atomic E-state index is 7.11. The molecule has 0 atom stereocenters. The Labute approximate surface area is 322 Å². The third-order valence-electron chi connectivity index (χ3n) is 12.0. The molecule has 0 N–H and O–H groups in total. The number of anilines is 6. The second kappa shape index (κ2) is 10.9. The second-order valence-electron chi connectivity index (χ2n) is 14.6. The molecule has 5 nitrogen and oxygen atoms in total. The number of hydrogen-bond donors (Lipinski definition) is 0. The fourth-order valence-electron chi connectivity index (χ4n) is 9.96. The first-order chi connectivity index (χ1) is 26.8. The molecule has 2 aromatic heterocycles. The summed E-state index contributed by atoms with van der Waals surface area (Å²) in [4.78, 5) is 10.9. The summed E-state index contributed by atoms with van der Waals surface area (Å²) in [5.41, 5.74) is 9.93. The third-order valence-corrected chi connectivity index (χ3v) is 25.7. The van der Waals surface area contributed by atoms with Crippen molar-refractivity contribution in [1.82, 2.24) is 9.55 Å². The van der Waals surface area contributed by atoms with Crippen LogP contribution in [0.25, 0.3) is 27.5 Å². The summed E-state index contributed by atoms with van der Waals surface area (Å²) in [6.07, 6.45) is 0. The zero-order chi connectivity index (χ0) is 35.1. The number of ether oxygens (including phenoxy) is 1. The number of aromatic nitrogens is 2. The predicted octanol–water partition coefficient (Wildman–Crippen LogP) is 7.20. The van der Waals surface area contributed by atoms with Gasteiger partial charge in [-0.3, -0.25) is 0 Å². The van der Waals surface area contributed by atoms with Crippen molar-refractivity contribution in [3.8, 4) is 17.2 Å². The second-order valence-corrected chi connectivity index (χ2v) is 25.8. The Kier molecular flexibility index (Phi) is 5.96. The normalized spacial score (nSPS) is 13.9. The van der Waals surface area contributed by atoms with Gasteiger partial charge in [0, 0.05) is 0 Å². The fourth-order valence-corrected chi connectivity index (χ4v) is 24.6. The van der Waals surface area contributed by atoms with Crippen LogP contribution < -0.4 is 39.4 Å². The average molecular weight is 804 g/mol. The van der Waals surface area contributed by atoms with Crippen molar-refractivity contribution in [1.29, 1.82) is 0 Å². The molecule has 0 unspecified atom stereocenters. The zero-order valence-electron chi connectivity index (χ0n) is 29.0. The molecule has 0 aliphatic carbocycles. The van der Waals surface area contributed by atoms with Crippen LogP contribution in [0.2, 0.25) is 0 Å². The van der Waals surface area contributed by atoms with Crippen LogP contribution in [0, 0.1) is 0 Å². The summed E-state index contributed by atoms with van der Waals surface area (Å²) in [5, 5.41) is 2.61. The van der Waals surface area contributed by atoms with Gasteiger partial charge < -0.3 is 0 Å². The number of hydrogen-bond acceptors (Lipinski definition) is 4. The van der Waals surface area contributed by atoms with Crippen LogP contribution in [-0.2, 0) is 0 Å². The molecule has 54 heavy (non-hydrogen) atoms. The van der Waals surface area contributed by atoms with E-state index in [4.69, 9.17) is 9.72 Å². The van der Waals surface area contributed by atoms with Gasteiger partial charge in [0.25, 0.3) is 0 Å². The SMILES string of the molecule is c1ccc(N2c3cccc[c]3[Ga]3[c]4cc5[c](nc4N(c4ccccc4)c4cccc2[c]43)[Ga]2[c]3c(cccc3-n3c4ccccc4c4ccc[c]2c43)O5)cc1. The van der Waals surface area contributed by atoms with Crippen molar-refractivity contribution in [2.75, 3.05) is 9.80 Å². The summed E-state index contributed by atoms with van der Waals surface area (Å²) in [6.45, 7) is 0. The summed E-state index contributed by atoms with van der Waals surface area (Å²) < 4.78 is 17.9. The molecule has 7 aromatic carbocycles. The van der Waals surface area contributed by atoms with E-state index in [1.54, 1.807) is 0 Å². The molecule has 248 valence electrons. The molecule has 0 spiro atoms. The van der Waals surface area contributed by atoms with Gasteiger partial charge in [0.05, 0.1) is 0 Å². The third kappa shape index (κ3) is 3.76. The molecular weight excluding hydrogens is 776 g/mol. The van der Waals surface area contributed by atoms with E-state index in [0.717, 1.165) is 23.0 Å². The molecule has 0 fully saturated rings. The quantitative estimate of drug-likeness (QED) is 0.173. The standard InChI is InChI=1S/C47H28N4O.2Ga/c1-4-16-35(17-5-1)49(36-18-6-2-7-19-36)38-22-14-23-39(32-38)50(37-20-8-3-9-21-37)47-31-30-42(34-48-47)52-41-25-15-24-40(33-41)51-45-28-12-10-26-43(45)44-27-11-13-29-46(44)51;;/h1-18,20-28,30H;;. The first-order valence-corrected chi connectivity index (χ1v) is 25.9. The number of para-hydroxylation sites is 5. The molecule has 0 amide bonds. The van der Waals surface area contributed by atoms with Crippen molar-refractivity contribution in [2.45, 2.75) is 0 Å². The molecule has 4 aliphatic heterocycles. The van der Waals surface area contributed by atoms with Crippen molar-refractivity contribution in [3.05, 3.63) is 170 Å². The number of rotatable bonds is 2. The Morgan fingerprint density at radius 1 is 0.444 bits per heavy atom. The first kappa shape index (κ1) is 29.6. The van der Waals surface area contributed by atoms with Gasteiger partial charge in [-0.15, -0.1) is 0 Å². The van der Waals surface area contributed by atoms with Gasteiger partial charge in [0.15, 0.2) is 0 Å². The van der Waals surface area contributed by atoms with Crippen LogP contribution in [-0.4, -0.2) is 42.0 Å². The van der Waals surface area contributed by atoms with Crippen molar-refractivity contribution < 1.29 is 4.74 Å². The Morgan fingerprint density at radius 3 is 1.93 bits per heavy atom. The van der Waals surface area contributed by atoms with E-state index in [-0.39, 0.29) is 0 Å². The van der Waals surface area contributed by atoms with E-state index in [1.807, 2.05) is 0 Å². The number of fused-ring (bicyclic) bond motifs is 11. The average Bonchev–Trinajstić information content (AvgIpc) is 3.57. The minimum atomic E-state index is -2.81. The van der Waals surface area contributed by atoms with Crippen LogP contribution in [0.15, 0.2) is 170 Å². The Morgan fingerprint density at radius 2 is 1.07 bits per heavy atom. The molecule has 4 aliphatic rings. The zero-order valence-corrected chi connectivity index (χ0v) is 33.9. The molecular formula is C47H28Ga2N4O. The van der Waals surface area contributed by atoms with Crippen LogP contribution in [0.5, 0.6) is 11.5 Å². The van der Waals surface area contributed by atoms with Gasteiger partial charge in [-0.05, 0) is 0 Å². The Hall–Kier alpha value is -5.84. The van der Waals surface area contributed by atoms with E-state index in [9.17, 15) is 0 Å². The van der Waals surface area contributed by atoms with Crippen LogP contribution >= 0.6 is 0 Å². The number of benzene rings is 7. The Bertz CT molecular complexity index is 3070. The van der Waals surface area contributed by atoms with E-state index < -0.39 is 32.4 Å². The minimum absolute atomic E-state index is 0.951. The molecule has 0 radical (unpaired) electrons. The van der Waals surface area contributed by atoms with Gasteiger partial charge in [-0.1, -0.05) is 0 Å². The number of nitrogens with zero attached hydrogens (tertiary/aromatic N) is 4. The van der Waals surface area contributed by atoms with Crippen molar-refractivity contribution in [3.63, 3.8) is 0 Å². The van der Waals surface area contributed by atoms with Crippen molar-refractivity contribution in [2.24, 2.45) is 0 Å². The fraction of sp³-hybridized carbons (Fsp3) is 0. The van der Waals surface area contributed by atoms with Gasteiger partial charge in [0.1, 0.15) is 0 Å². The summed E-state index contributed by atoms with van der Waals surface area (Å²) >= 11 is -5.59. The number of pyridine rings is 1. The van der Waals surface area contributed by atoms with Crippen molar-refractivity contribution >= 4 is 113 Å². The van der Waals surface area contributed by atoms with Gasteiger partial charge in [0.2, 0.25) is 0 Å². The molecule has 9 aromatic rings. The van der Waals surface area contributed by atoms with E-state index in [1.165, 1.54) is 75.1 Å². The summed E-state index contributed by atoms with van der Waals surface area (Å²) in [6, 6.07) is 62.6. The van der Waals surface area contributed by atoms with Crippen LogP contribution in [0.3, 0.4) is 0 Å². The van der Waals surface area contributed by atoms with E-state index in [2.05, 4.69) is 184 Å². The van der Waals surface area contributed by atoms with Crippen LogP contribution in [0.4, 0.5) is 34.3 Å².